The number of halogens is 2. The van der Waals surface area contributed by atoms with Crippen LogP contribution in [0.1, 0.15) is 19.8 Å². The summed E-state index contributed by atoms with van der Waals surface area (Å²) in [6.07, 6.45) is -1.08. The van der Waals surface area contributed by atoms with Gasteiger partial charge in [-0.2, -0.15) is 8.78 Å². The summed E-state index contributed by atoms with van der Waals surface area (Å²) in [6.45, 7) is 0.828. The molecule has 2 saturated carbocycles. The highest BCUT2D eigenvalue weighted by molar-refractivity contribution is 5.86. The number of hydrogen-bond acceptors (Lipinski definition) is 5. The summed E-state index contributed by atoms with van der Waals surface area (Å²) in [7, 11) is 0. The molecule has 0 aromatic rings. The van der Waals surface area contributed by atoms with Crippen LogP contribution >= 0.6 is 0 Å². The maximum atomic E-state index is 13.3. The molecule has 116 valence electrons. The molecule has 0 aromatic carbocycles. The molecule has 2 aliphatic carbocycles. The molecule has 21 heavy (non-hydrogen) atoms. The first-order chi connectivity index (χ1) is 9.73. The largest absolute Gasteiger partial charge is 0.477 e. The van der Waals surface area contributed by atoms with Crippen molar-refractivity contribution >= 4 is 17.9 Å². The van der Waals surface area contributed by atoms with Crippen LogP contribution in [0.4, 0.5) is 8.78 Å². The van der Waals surface area contributed by atoms with Gasteiger partial charge in [-0.1, -0.05) is 0 Å². The molecule has 1 N–H and O–H groups in total. The van der Waals surface area contributed by atoms with Crippen LogP contribution in [0.15, 0.2) is 0 Å². The van der Waals surface area contributed by atoms with Gasteiger partial charge < -0.3 is 14.6 Å². The molecule has 0 radical (unpaired) electrons. The minimum Gasteiger partial charge on any atom is -0.477 e. The Kier molecular flexibility index (Phi) is 2.97. The molecule has 6 nitrogen and oxygen atoms in total. The van der Waals surface area contributed by atoms with Crippen molar-refractivity contribution in [2.75, 3.05) is 0 Å². The van der Waals surface area contributed by atoms with Crippen molar-refractivity contribution in [1.29, 1.82) is 0 Å². The molecule has 2 bridgehead atoms. The molecule has 8 heteroatoms. The third-order valence-corrected chi connectivity index (χ3v) is 4.84. The van der Waals surface area contributed by atoms with Crippen LogP contribution in [-0.4, -0.2) is 41.1 Å². The summed E-state index contributed by atoms with van der Waals surface area (Å²) in [6, 6.07) is 0. The third-order valence-electron chi connectivity index (χ3n) is 4.84. The van der Waals surface area contributed by atoms with Crippen LogP contribution in [0, 0.1) is 23.7 Å². The lowest BCUT2D eigenvalue weighted by Crippen LogP contribution is -2.44. The van der Waals surface area contributed by atoms with Gasteiger partial charge in [-0.3, -0.25) is 9.59 Å². The highest BCUT2D eigenvalue weighted by Gasteiger charge is 2.65. The smallest absolute Gasteiger partial charge is 0.378 e. The van der Waals surface area contributed by atoms with Gasteiger partial charge in [-0.05, 0) is 25.7 Å². The molecule has 1 saturated heterocycles. The molecule has 6 atom stereocenters. The molecule has 0 amide bonds. The van der Waals surface area contributed by atoms with Crippen molar-refractivity contribution in [3.63, 3.8) is 0 Å². The van der Waals surface area contributed by atoms with Crippen molar-refractivity contribution in [1.82, 2.24) is 0 Å². The first-order valence-corrected chi connectivity index (χ1v) is 6.75. The van der Waals surface area contributed by atoms with Gasteiger partial charge in [0.15, 0.2) is 6.10 Å². The van der Waals surface area contributed by atoms with Crippen molar-refractivity contribution < 1.29 is 37.7 Å². The Bertz CT molecular complexity index is 517. The van der Waals surface area contributed by atoms with Crippen molar-refractivity contribution in [3.8, 4) is 0 Å². The Hall–Kier alpha value is -1.73. The average Bonchev–Trinajstić information content (AvgIpc) is 2.98. The van der Waals surface area contributed by atoms with Crippen LogP contribution in [0.25, 0.3) is 0 Å². The van der Waals surface area contributed by atoms with Gasteiger partial charge >= 0.3 is 23.8 Å². The van der Waals surface area contributed by atoms with E-state index in [2.05, 4.69) is 4.74 Å². The number of fused-ring (bicyclic) bond motifs is 1. The number of carbonyl (C=O) groups is 3. The quantitative estimate of drug-likeness (QED) is 0.774. The Morgan fingerprint density at radius 3 is 2.71 bits per heavy atom. The lowest BCUT2D eigenvalue weighted by Gasteiger charge is -2.26. The number of aliphatic carboxylic acids is 1. The predicted molar refractivity (Wildman–Crippen MR) is 61.2 cm³/mol. The zero-order valence-electron chi connectivity index (χ0n) is 11.1. The Labute approximate surface area is 118 Å². The molecular weight excluding hydrogens is 290 g/mol. The minimum atomic E-state index is -4.16. The topological polar surface area (TPSA) is 89.9 Å². The molecule has 0 aromatic heterocycles. The van der Waals surface area contributed by atoms with Crippen molar-refractivity contribution in [3.05, 3.63) is 0 Å². The first kappa shape index (κ1) is 14.2. The fraction of sp³-hybridized carbons (Fsp3) is 0.769. The van der Waals surface area contributed by atoms with Gasteiger partial charge in [0, 0.05) is 5.92 Å². The first-order valence-electron chi connectivity index (χ1n) is 6.75. The highest BCUT2D eigenvalue weighted by Crippen LogP contribution is 2.58. The normalized spacial score (nSPS) is 38.2. The Morgan fingerprint density at radius 2 is 2.10 bits per heavy atom. The molecule has 3 aliphatic rings. The van der Waals surface area contributed by atoms with Crippen LogP contribution in [0.5, 0.6) is 0 Å². The summed E-state index contributed by atoms with van der Waals surface area (Å²) in [5.41, 5.74) is 0. The van der Waals surface area contributed by atoms with Crippen molar-refractivity contribution in [2.45, 2.75) is 37.9 Å². The van der Waals surface area contributed by atoms with Gasteiger partial charge in [0.25, 0.3) is 0 Å². The van der Waals surface area contributed by atoms with E-state index in [4.69, 9.17) is 9.84 Å². The fourth-order valence-corrected chi connectivity index (χ4v) is 3.83. The summed E-state index contributed by atoms with van der Waals surface area (Å²) in [5.74, 6) is -9.52. The molecule has 0 spiro atoms. The molecule has 3 fully saturated rings. The van der Waals surface area contributed by atoms with E-state index in [0.717, 1.165) is 6.92 Å². The van der Waals surface area contributed by atoms with Crippen LogP contribution in [0.3, 0.4) is 0 Å². The number of alkyl halides is 2. The second kappa shape index (κ2) is 4.38. The monoisotopic (exact) mass is 304 g/mol. The van der Waals surface area contributed by atoms with E-state index in [0.29, 0.717) is 12.8 Å². The molecule has 1 heterocycles. The second-order valence-corrected chi connectivity index (χ2v) is 5.93. The SMILES string of the molecule is CC(OC(=O)C1C2CC3OC(=O)C1C3C2)C(F)(F)C(=O)O. The number of rotatable bonds is 4. The Balaban J connectivity index is 1.72. The van der Waals surface area contributed by atoms with Crippen LogP contribution in [0.2, 0.25) is 0 Å². The van der Waals surface area contributed by atoms with E-state index in [1.807, 2.05) is 0 Å². The van der Waals surface area contributed by atoms with E-state index in [1.54, 1.807) is 0 Å². The molecule has 1 aliphatic heterocycles. The number of hydrogen-bond donors (Lipinski definition) is 1. The van der Waals surface area contributed by atoms with E-state index in [9.17, 15) is 23.2 Å². The van der Waals surface area contributed by atoms with E-state index < -0.39 is 41.8 Å². The van der Waals surface area contributed by atoms with Gasteiger partial charge in [-0.15, -0.1) is 0 Å². The number of carboxylic acids is 1. The highest BCUT2D eigenvalue weighted by atomic mass is 19.3. The fourth-order valence-electron chi connectivity index (χ4n) is 3.83. The Morgan fingerprint density at radius 1 is 1.43 bits per heavy atom. The van der Waals surface area contributed by atoms with E-state index in [1.165, 1.54) is 0 Å². The lowest BCUT2D eigenvalue weighted by molar-refractivity contribution is -0.194. The van der Waals surface area contributed by atoms with Gasteiger partial charge in [0.1, 0.15) is 6.10 Å². The number of ether oxygens (including phenoxy) is 2. The van der Waals surface area contributed by atoms with Gasteiger partial charge in [0.05, 0.1) is 11.8 Å². The lowest BCUT2D eigenvalue weighted by atomic mass is 9.80. The second-order valence-electron chi connectivity index (χ2n) is 5.93. The summed E-state index contributed by atoms with van der Waals surface area (Å²) in [4.78, 5) is 34.3. The zero-order valence-corrected chi connectivity index (χ0v) is 11.1. The standard InChI is InChI=1S/C13H14F2O6/c1-4(13(14,15)12(18)19)20-10(16)8-5-2-6-7(3-5)21-11(17)9(6)8/h4-9H,2-3H2,1H3,(H,18,19). The van der Waals surface area contributed by atoms with Crippen molar-refractivity contribution in [2.24, 2.45) is 23.7 Å². The molecule has 3 rings (SSSR count). The number of esters is 2. The zero-order chi connectivity index (χ0) is 15.5. The summed E-state index contributed by atoms with van der Waals surface area (Å²) >= 11 is 0. The predicted octanol–water partition coefficient (Wildman–Crippen LogP) is 0.836. The average molecular weight is 304 g/mol. The third kappa shape index (κ3) is 1.91. The number of carbonyl (C=O) groups excluding carboxylic acids is 2. The summed E-state index contributed by atoms with van der Waals surface area (Å²) in [5, 5.41) is 8.43. The molecule has 6 unspecified atom stereocenters. The van der Waals surface area contributed by atoms with Gasteiger partial charge in [-0.25, -0.2) is 4.79 Å². The summed E-state index contributed by atoms with van der Waals surface area (Å²) < 4.78 is 36.3. The van der Waals surface area contributed by atoms with Gasteiger partial charge in [0.2, 0.25) is 0 Å². The van der Waals surface area contributed by atoms with E-state index >= 15 is 0 Å². The van der Waals surface area contributed by atoms with Crippen LogP contribution in [-0.2, 0) is 23.9 Å². The number of carboxylic acid groups (broad SMARTS) is 1. The van der Waals surface area contributed by atoms with E-state index in [-0.39, 0.29) is 17.9 Å². The maximum absolute atomic E-state index is 13.3. The van der Waals surface area contributed by atoms with Crippen LogP contribution < -0.4 is 0 Å². The minimum absolute atomic E-state index is 0.0460. The molecular formula is C13H14F2O6. The maximum Gasteiger partial charge on any atom is 0.378 e.